The van der Waals surface area contributed by atoms with Crippen molar-refractivity contribution in [2.24, 2.45) is 5.92 Å². The molecule has 0 spiro atoms. The number of rotatable bonds is 6. The predicted molar refractivity (Wildman–Crippen MR) is 121 cm³/mol. The summed E-state index contributed by atoms with van der Waals surface area (Å²) in [4.78, 5) is 28.5. The molecule has 0 radical (unpaired) electrons. The first-order chi connectivity index (χ1) is 14.6. The van der Waals surface area contributed by atoms with Gasteiger partial charge in [0.25, 0.3) is 5.56 Å². The van der Waals surface area contributed by atoms with Gasteiger partial charge in [0, 0.05) is 30.4 Å². The van der Waals surface area contributed by atoms with Crippen molar-refractivity contribution >= 4 is 34.5 Å². The van der Waals surface area contributed by atoms with Gasteiger partial charge in [-0.25, -0.2) is 0 Å². The highest BCUT2D eigenvalue weighted by Gasteiger charge is 2.27. The van der Waals surface area contributed by atoms with Crippen LogP contribution < -0.4 is 15.8 Å². The van der Waals surface area contributed by atoms with E-state index in [-0.39, 0.29) is 22.4 Å². The molecule has 8 heteroatoms. The fraction of sp³-hybridized carbons (Fsp3) is 0.318. The second kappa shape index (κ2) is 9.45. The molecule has 3 aromatic rings. The number of carbonyl (C=O) groups excluding carboxylic acids is 1. The molecule has 0 bridgehead atoms. The Labute approximate surface area is 184 Å². The molecule has 1 aliphatic heterocycles. The topological polar surface area (TPSA) is 67.2 Å². The minimum atomic E-state index is -0.339. The molecule has 1 N–H and O–H groups in total. The Morgan fingerprint density at radius 2 is 1.93 bits per heavy atom. The van der Waals surface area contributed by atoms with Gasteiger partial charge in [0.2, 0.25) is 5.91 Å². The second-order valence-corrected chi connectivity index (χ2v) is 8.69. The normalized spacial score (nSPS) is 14.6. The summed E-state index contributed by atoms with van der Waals surface area (Å²) in [6.45, 7) is 1.99. The summed E-state index contributed by atoms with van der Waals surface area (Å²) in [7, 11) is 0. The van der Waals surface area contributed by atoms with Gasteiger partial charge in [0.15, 0.2) is 0 Å². The maximum atomic E-state index is 12.7. The van der Waals surface area contributed by atoms with Gasteiger partial charge < -0.3 is 10.2 Å². The Kier molecular flexibility index (Phi) is 6.50. The Balaban J connectivity index is 1.35. The summed E-state index contributed by atoms with van der Waals surface area (Å²) in [5.41, 5.74) is 0.966. The van der Waals surface area contributed by atoms with Crippen molar-refractivity contribution in [3.05, 3.63) is 74.3 Å². The maximum Gasteiger partial charge on any atom is 0.292 e. The lowest BCUT2D eigenvalue weighted by molar-refractivity contribution is -0.125. The van der Waals surface area contributed by atoms with Gasteiger partial charge in [0.05, 0.1) is 17.6 Å². The van der Waals surface area contributed by atoms with Crippen molar-refractivity contribution in [1.82, 2.24) is 15.1 Å². The molecule has 1 aliphatic rings. The van der Waals surface area contributed by atoms with E-state index in [0.717, 1.165) is 19.3 Å². The summed E-state index contributed by atoms with van der Waals surface area (Å²) >= 11 is 8.11. The number of carbonyl (C=O) groups is 1. The number of anilines is 1. The van der Waals surface area contributed by atoms with Gasteiger partial charge in [-0.2, -0.15) is 9.78 Å². The third-order valence-electron chi connectivity index (χ3n) is 5.36. The fourth-order valence-electron chi connectivity index (χ4n) is 3.69. The van der Waals surface area contributed by atoms with E-state index in [1.165, 1.54) is 9.56 Å². The first-order valence-electron chi connectivity index (χ1n) is 10.0. The molecule has 1 aromatic carbocycles. The first kappa shape index (κ1) is 20.6. The van der Waals surface area contributed by atoms with Crippen LogP contribution in [0.1, 0.15) is 17.7 Å². The molecule has 1 saturated heterocycles. The van der Waals surface area contributed by atoms with Crippen LogP contribution in [0.3, 0.4) is 0 Å². The SMILES string of the molecule is O=C(NCCc1cccs1)C1CCN(c2cnn(-c3ccccc3)c(=O)c2Cl)CC1. The summed E-state index contributed by atoms with van der Waals surface area (Å²) in [6, 6.07) is 13.3. The van der Waals surface area contributed by atoms with Gasteiger partial charge in [-0.1, -0.05) is 35.9 Å². The van der Waals surface area contributed by atoms with E-state index in [1.54, 1.807) is 17.5 Å². The van der Waals surface area contributed by atoms with Crippen LogP contribution in [0.2, 0.25) is 5.02 Å². The number of amides is 1. The largest absolute Gasteiger partial charge is 0.369 e. The number of halogens is 1. The number of aromatic nitrogens is 2. The molecule has 0 aliphatic carbocycles. The number of thiophene rings is 1. The van der Waals surface area contributed by atoms with Crippen LogP contribution in [-0.2, 0) is 11.2 Å². The quantitative estimate of drug-likeness (QED) is 0.634. The zero-order valence-electron chi connectivity index (χ0n) is 16.5. The molecule has 0 unspecified atom stereocenters. The zero-order chi connectivity index (χ0) is 20.9. The highest BCUT2D eigenvalue weighted by Crippen LogP contribution is 2.27. The Bertz CT molecular complexity index is 1040. The summed E-state index contributed by atoms with van der Waals surface area (Å²) in [5.74, 6) is 0.0935. The number of benzene rings is 1. The molecule has 1 amide bonds. The van der Waals surface area contributed by atoms with Gasteiger partial charge in [-0.3, -0.25) is 9.59 Å². The second-order valence-electron chi connectivity index (χ2n) is 7.28. The van der Waals surface area contributed by atoms with Gasteiger partial charge >= 0.3 is 0 Å². The highest BCUT2D eigenvalue weighted by atomic mass is 35.5. The average molecular weight is 443 g/mol. The van der Waals surface area contributed by atoms with Crippen molar-refractivity contribution in [1.29, 1.82) is 0 Å². The third-order valence-corrected chi connectivity index (χ3v) is 6.65. The third kappa shape index (κ3) is 4.57. The van der Waals surface area contributed by atoms with Crippen molar-refractivity contribution in [3.63, 3.8) is 0 Å². The van der Waals surface area contributed by atoms with Gasteiger partial charge in [-0.15, -0.1) is 11.3 Å². The zero-order valence-corrected chi connectivity index (χ0v) is 18.0. The lowest BCUT2D eigenvalue weighted by atomic mass is 9.95. The van der Waals surface area contributed by atoms with Crippen molar-refractivity contribution in [2.45, 2.75) is 19.3 Å². The molecule has 1 fully saturated rings. The van der Waals surface area contributed by atoms with Crippen molar-refractivity contribution < 1.29 is 4.79 Å². The van der Waals surface area contributed by atoms with Crippen molar-refractivity contribution in [2.75, 3.05) is 24.5 Å². The molecule has 3 heterocycles. The lowest BCUT2D eigenvalue weighted by Crippen LogP contribution is -2.41. The number of nitrogens with zero attached hydrogens (tertiary/aromatic N) is 3. The molecule has 2 aromatic heterocycles. The minimum Gasteiger partial charge on any atom is -0.369 e. The van der Waals surface area contributed by atoms with E-state index in [9.17, 15) is 9.59 Å². The number of piperidine rings is 1. The number of para-hydroxylation sites is 1. The lowest BCUT2D eigenvalue weighted by Gasteiger charge is -2.33. The molecule has 6 nitrogen and oxygen atoms in total. The molecule has 30 heavy (non-hydrogen) atoms. The Morgan fingerprint density at radius 3 is 2.63 bits per heavy atom. The molecule has 0 saturated carbocycles. The number of hydrogen-bond acceptors (Lipinski definition) is 5. The van der Waals surface area contributed by atoms with Crippen LogP contribution in [0.15, 0.2) is 58.8 Å². The fourth-order valence-corrected chi connectivity index (χ4v) is 4.65. The molecular formula is C22H23ClN4O2S. The van der Waals surface area contributed by atoms with Crippen LogP contribution in [0.4, 0.5) is 5.69 Å². The predicted octanol–water partition coefficient (Wildman–Crippen LogP) is 3.52. The van der Waals surface area contributed by atoms with E-state index >= 15 is 0 Å². The smallest absolute Gasteiger partial charge is 0.292 e. The van der Waals surface area contributed by atoms with Crippen LogP contribution in [0.5, 0.6) is 0 Å². The molecule has 156 valence electrons. The monoisotopic (exact) mass is 442 g/mol. The number of nitrogens with one attached hydrogen (secondary N) is 1. The number of hydrogen-bond donors (Lipinski definition) is 1. The van der Waals surface area contributed by atoms with E-state index in [0.29, 0.717) is 31.0 Å². The first-order valence-corrected chi connectivity index (χ1v) is 11.3. The van der Waals surface area contributed by atoms with E-state index in [2.05, 4.69) is 16.5 Å². The Hall–Kier alpha value is -2.64. The van der Waals surface area contributed by atoms with E-state index < -0.39 is 0 Å². The summed E-state index contributed by atoms with van der Waals surface area (Å²) in [6.07, 6.45) is 3.95. The summed E-state index contributed by atoms with van der Waals surface area (Å²) < 4.78 is 1.31. The maximum absolute atomic E-state index is 12.7. The van der Waals surface area contributed by atoms with Crippen LogP contribution in [0.25, 0.3) is 5.69 Å². The van der Waals surface area contributed by atoms with Crippen LogP contribution >= 0.6 is 22.9 Å². The molecule has 4 rings (SSSR count). The van der Waals surface area contributed by atoms with E-state index in [1.807, 2.05) is 46.7 Å². The van der Waals surface area contributed by atoms with Crippen LogP contribution in [0, 0.1) is 5.92 Å². The Morgan fingerprint density at radius 1 is 1.17 bits per heavy atom. The highest BCUT2D eigenvalue weighted by molar-refractivity contribution is 7.09. The van der Waals surface area contributed by atoms with Crippen LogP contribution in [-0.4, -0.2) is 35.3 Å². The minimum absolute atomic E-state index is 0.0130. The van der Waals surface area contributed by atoms with Gasteiger partial charge in [-0.05, 0) is 42.8 Å². The van der Waals surface area contributed by atoms with Gasteiger partial charge in [0.1, 0.15) is 5.02 Å². The standard InChI is InChI=1S/C22H23ClN4O2S/c23-20-19(15-25-27(22(20)29)17-5-2-1-3-6-17)26-12-9-16(10-13-26)21(28)24-11-8-18-7-4-14-30-18/h1-7,14-16H,8-13H2,(H,24,28). The van der Waals surface area contributed by atoms with Crippen molar-refractivity contribution in [3.8, 4) is 5.69 Å². The average Bonchev–Trinajstić information content (AvgIpc) is 3.30. The summed E-state index contributed by atoms with van der Waals surface area (Å²) in [5, 5.41) is 9.56. The molecule has 0 atom stereocenters. The van der Waals surface area contributed by atoms with E-state index in [4.69, 9.17) is 11.6 Å². The molecular weight excluding hydrogens is 420 g/mol.